The van der Waals surface area contributed by atoms with Gasteiger partial charge in [-0.3, -0.25) is 29.6 Å². The van der Waals surface area contributed by atoms with Crippen molar-refractivity contribution in [2.45, 2.75) is 20.3 Å². The average Bonchev–Trinajstić information content (AvgIpc) is 3.08. The molecule has 10 heteroatoms. The van der Waals surface area contributed by atoms with E-state index in [2.05, 4.69) is 10.7 Å². The van der Waals surface area contributed by atoms with Crippen molar-refractivity contribution in [3.8, 4) is 0 Å². The minimum absolute atomic E-state index is 0.0761. The first-order valence-electron chi connectivity index (χ1n) is 9.74. The summed E-state index contributed by atoms with van der Waals surface area (Å²) in [6.45, 7) is 3.24. The van der Waals surface area contributed by atoms with E-state index in [1.165, 1.54) is 18.2 Å². The number of amides is 3. The van der Waals surface area contributed by atoms with E-state index in [1.54, 1.807) is 6.07 Å². The summed E-state index contributed by atoms with van der Waals surface area (Å²) in [5.41, 5.74) is 5.14. The smallest absolute Gasteiger partial charge is 0.311 e. The number of nitrogens with zero attached hydrogens (tertiary/aromatic N) is 1. The molecule has 1 atom stereocenters. The summed E-state index contributed by atoms with van der Waals surface area (Å²) in [6.07, 6.45) is -0.147. The van der Waals surface area contributed by atoms with Crippen LogP contribution in [0.1, 0.15) is 27.9 Å². The summed E-state index contributed by atoms with van der Waals surface area (Å²) >= 11 is 11.8. The van der Waals surface area contributed by atoms with E-state index >= 15 is 0 Å². The normalized spacial score (nSPS) is 15.4. The fraction of sp³-hybridized carbons (Fsp3) is 0.273. The molecule has 3 amide bonds. The minimum Gasteiger partial charge on any atom is -0.455 e. The maximum absolute atomic E-state index is 12.4. The van der Waals surface area contributed by atoms with Crippen molar-refractivity contribution in [3.63, 3.8) is 0 Å². The summed E-state index contributed by atoms with van der Waals surface area (Å²) in [5, 5.41) is 4.22. The molecule has 1 fully saturated rings. The SMILES string of the molecule is Cc1ccc(NC(=O)COC(=O)[C@@H]2CC(=O)N(NC(=O)c3ccc(Cl)cc3Cl)C2)c(C)c1. The zero-order valence-corrected chi connectivity index (χ0v) is 18.9. The highest BCUT2D eigenvalue weighted by Crippen LogP contribution is 2.22. The van der Waals surface area contributed by atoms with Crippen molar-refractivity contribution in [2.24, 2.45) is 5.92 Å². The number of hydrogen-bond donors (Lipinski definition) is 2. The van der Waals surface area contributed by atoms with Gasteiger partial charge in [-0.25, -0.2) is 0 Å². The molecule has 2 aromatic rings. The molecule has 1 aliphatic rings. The molecular formula is C22H21Cl2N3O5. The van der Waals surface area contributed by atoms with Crippen LogP contribution in [-0.4, -0.2) is 41.9 Å². The van der Waals surface area contributed by atoms with Crippen LogP contribution >= 0.6 is 23.2 Å². The number of halogens is 2. The van der Waals surface area contributed by atoms with Crippen LogP contribution in [0.5, 0.6) is 0 Å². The molecule has 8 nitrogen and oxygen atoms in total. The lowest BCUT2D eigenvalue weighted by Crippen LogP contribution is -2.43. The van der Waals surface area contributed by atoms with Crippen LogP contribution in [0.2, 0.25) is 10.0 Å². The monoisotopic (exact) mass is 477 g/mol. The molecule has 2 aromatic carbocycles. The van der Waals surface area contributed by atoms with Gasteiger partial charge in [0.2, 0.25) is 5.91 Å². The highest BCUT2D eigenvalue weighted by atomic mass is 35.5. The number of carbonyl (C=O) groups is 4. The van der Waals surface area contributed by atoms with Crippen molar-refractivity contribution in [3.05, 3.63) is 63.1 Å². The van der Waals surface area contributed by atoms with E-state index in [0.717, 1.165) is 16.1 Å². The molecule has 3 rings (SSSR count). The summed E-state index contributed by atoms with van der Waals surface area (Å²) in [5.74, 6) is -3.06. The molecule has 0 bridgehead atoms. The fourth-order valence-electron chi connectivity index (χ4n) is 3.22. The molecule has 1 saturated heterocycles. The number of hydrogen-bond acceptors (Lipinski definition) is 5. The molecule has 0 saturated carbocycles. The van der Waals surface area contributed by atoms with Crippen LogP contribution in [0.3, 0.4) is 0 Å². The molecule has 1 heterocycles. The van der Waals surface area contributed by atoms with Gasteiger partial charge in [0.05, 0.1) is 23.0 Å². The third-order valence-corrected chi connectivity index (χ3v) is 5.42. The summed E-state index contributed by atoms with van der Waals surface area (Å²) in [7, 11) is 0. The van der Waals surface area contributed by atoms with E-state index in [0.29, 0.717) is 10.7 Å². The predicted molar refractivity (Wildman–Crippen MR) is 119 cm³/mol. The topological polar surface area (TPSA) is 105 Å². The summed E-state index contributed by atoms with van der Waals surface area (Å²) in [4.78, 5) is 49.0. The molecule has 0 spiro atoms. The molecule has 0 unspecified atom stereocenters. The zero-order chi connectivity index (χ0) is 23.4. The lowest BCUT2D eigenvalue weighted by Gasteiger charge is -2.18. The van der Waals surface area contributed by atoms with Crippen LogP contribution < -0.4 is 10.7 Å². The number of nitrogens with one attached hydrogen (secondary N) is 2. The lowest BCUT2D eigenvalue weighted by molar-refractivity contribution is -0.151. The molecule has 1 aliphatic heterocycles. The van der Waals surface area contributed by atoms with E-state index in [9.17, 15) is 19.2 Å². The van der Waals surface area contributed by atoms with Gasteiger partial charge in [0, 0.05) is 17.1 Å². The van der Waals surface area contributed by atoms with E-state index in [1.807, 2.05) is 26.0 Å². The molecular weight excluding hydrogens is 457 g/mol. The second-order valence-corrected chi connectivity index (χ2v) is 8.29. The van der Waals surface area contributed by atoms with Gasteiger partial charge in [-0.15, -0.1) is 0 Å². The molecule has 0 aliphatic carbocycles. The van der Waals surface area contributed by atoms with Crippen molar-refractivity contribution < 1.29 is 23.9 Å². The maximum Gasteiger partial charge on any atom is 0.311 e. The number of anilines is 1. The Bertz CT molecular complexity index is 1090. The largest absolute Gasteiger partial charge is 0.455 e. The molecule has 0 radical (unpaired) electrons. The Hall–Kier alpha value is -3.10. The molecule has 168 valence electrons. The standard InChI is InChI=1S/C22H21Cl2N3O5/c1-12-3-6-18(13(2)7-12)25-19(28)11-32-22(31)14-8-20(29)27(10-14)26-21(30)16-5-4-15(23)9-17(16)24/h3-7,9,14H,8,10-11H2,1-2H3,(H,25,28)(H,26,30)/t14-/m1/s1. The van der Waals surface area contributed by atoms with Crippen molar-refractivity contribution in [1.82, 2.24) is 10.4 Å². The first-order valence-corrected chi connectivity index (χ1v) is 10.5. The van der Waals surface area contributed by atoms with Gasteiger partial charge >= 0.3 is 5.97 Å². The van der Waals surface area contributed by atoms with Crippen LogP contribution in [-0.2, 0) is 19.1 Å². The quantitative estimate of drug-likeness (QED) is 0.621. The first kappa shape index (κ1) is 23.6. The molecule has 0 aromatic heterocycles. The number of ether oxygens (including phenoxy) is 1. The van der Waals surface area contributed by atoms with Gasteiger partial charge in [-0.05, 0) is 43.7 Å². The Morgan fingerprint density at radius 2 is 1.88 bits per heavy atom. The number of rotatable bonds is 6. The minimum atomic E-state index is -0.808. The van der Waals surface area contributed by atoms with Crippen molar-refractivity contribution in [2.75, 3.05) is 18.5 Å². The van der Waals surface area contributed by atoms with Gasteiger partial charge in [-0.1, -0.05) is 40.9 Å². The number of carbonyl (C=O) groups excluding carboxylic acids is 4. The maximum atomic E-state index is 12.4. The Balaban J connectivity index is 1.51. The number of hydrazine groups is 1. The number of aryl methyl sites for hydroxylation is 2. The number of benzene rings is 2. The fourth-order valence-corrected chi connectivity index (χ4v) is 3.72. The first-order chi connectivity index (χ1) is 15.1. The average molecular weight is 478 g/mol. The van der Waals surface area contributed by atoms with Gasteiger partial charge in [-0.2, -0.15) is 0 Å². The molecule has 32 heavy (non-hydrogen) atoms. The zero-order valence-electron chi connectivity index (χ0n) is 17.4. The van der Waals surface area contributed by atoms with Gasteiger partial charge in [0.25, 0.3) is 11.8 Å². The summed E-state index contributed by atoms with van der Waals surface area (Å²) in [6, 6.07) is 9.89. The number of esters is 1. The third-order valence-electron chi connectivity index (χ3n) is 4.87. The Morgan fingerprint density at radius 1 is 1.12 bits per heavy atom. The molecule has 2 N–H and O–H groups in total. The van der Waals surface area contributed by atoms with Crippen LogP contribution in [0, 0.1) is 19.8 Å². The van der Waals surface area contributed by atoms with Crippen molar-refractivity contribution in [1.29, 1.82) is 0 Å². The van der Waals surface area contributed by atoms with Crippen LogP contribution in [0.15, 0.2) is 36.4 Å². The third kappa shape index (κ3) is 5.77. The second-order valence-electron chi connectivity index (χ2n) is 7.44. The van der Waals surface area contributed by atoms with E-state index in [4.69, 9.17) is 27.9 Å². The van der Waals surface area contributed by atoms with E-state index in [-0.39, 0.29) is 23.6 Å². The van der Waals surface area contributed by atoms with E-state index < -0.39 is 36.2 Å². The Morgan fingerprint density at radius 3 is 2.56 bits per heavy atom. The predicted octanol–water partition coefficient (Wildman–Crippen LogP) is 3.29. The highest BCUT2D eigenvalue weighted by Gasteiger charge is 2.37. The van der Waals surface area contributed by atoms with Gasteiger partial charge in [0.15, 0.2) is 6.61 Å². The Kier molecular flexibility index (Phi) is 7.37. The second kappa shape index (κ2) is 10.0. The van der Waals surface area contributed by atoms with Crippen LogP contribution in [0.25, 0.3) is 0 Å². The highest BCUT2D eigenvalue weighted by molar-refractivity contribution is 6.36. The Labute approximate surface area is 194 Å². The lowest BCUT2D eigenvalue weighted by atomic mass is 10.1. The summed E-state index contributed by atoms with van der Waals surface area (Å²) < 4.78 is 5.06. The van der Waals surface area contributed by atoms with Gasteiger partial charge in [0.1, 0.15) is 0 Å². The van der Waals surface area contributed by atoms with Crippen LogP contribution in [0.4, 0.5) is 5.69 Å². The van der Waals surface area contributed by atoms with Gasteiger partial charge < -0.3 is 10.1 Å². The van der Waals surface area contributed by atoms with Crippen molar-refractivity contribution >= 4 is 52.6 Å².